The Balaban J connectivity index is 2.61. The summed E-state index contributed by atoms with van der Waals surface area (Å²) in [7, 11) is 0. The number of nitrogens with two attached hydrogens (primary N) is 1. The van der Waals surface area contributed by atoms with Gasteiger partial charge in [-0.1, -0.05) is 39.5 Å². The van der Waals surface area contributed by atoms with Gasteiger partial charge in [-0.3, -0.25) is 11.3 Å². The number of ether oxygens (including phenoxy) is 1. The summed E-state index contributed by atoms with van der Waals surface area (Å²) >= 11 is 0. The van der Waals surface area contributed by atoms with Crippen molar-refractivity contribution in [1.29, 1.82) is 0 Å². The monoisotopic (exact) mass is 242 g/mol. The molecule has 2 atom stereocenters. The fourth-order valence-corrected chi connectivity index (χ4v) is 3.30. The van der Waals surface area contributed by atoms with Gasteiger partial charge >= 0.3 is 0 Å². The predicted octanol–water partition coefficient (Wildman–Crippen LogP) is 2.99. The van der Waals surface area contributed by atoms with Crippen LogP contribution in [0.5, 0.6) is 0 Å². The van der Waals surface area contributed by atoms with Gasteiger partial charge in [-0.15, -0.1) is 0 Å². The molecule has 0 aromatic carbocycles. The van der Waals surface area contributed by atoms with Gasteiger partial charge in [0.05, 0.1) is 11.6 Å². The van der Waals surface area contributed by atoms with Crippen molar-refractivity contribution in [3.8, 4) is 0 Å². The lowest BCUT2D eigenvalue weighted by Gasteiger charge is -2.38. The normalized spacial score (nSPS) is 22.6. The Hall–Kier alpha value is -0.120. The first kappa shape index (κ1) is 14.9. The van der Waals surface area contributed by atoms with Crippen molar-refractivity contribution in [3.63, 3.8) is 0 Å². The van der Waals surface area contributed by atoms with Crippen molar-refractivity contribution in [3.05, 3.63) is 0 Å². The molecule has 17 heavy (non-hydrogen) atoms. The van der Waals surface area contributed by atoms with E-state index in [1.807, 2.05) is 0 Å². The zero-order chi connectivity index (χ0) is 12.7. The Kier molecular flexibility index (Phi) is 6.45. The second-order valence-corrected chi connectivity index (χ2v) is 5.55. The van der Waals surface area contributed by atoms with E-state index in [9.17, 15) is 0 Å². The minimum Gasteiger partial charge on any atom is -0.374 e. The summed E-state index contributed by atoms with van der Waals surface area (Å²) in [5.41, 5.74) is 3.04. The van der Waals surface area contributed by atoms with Crippen LogP contribution in [-0.4, -0.2) is 18.2 Å². The van der Waals surface area contributed by atoms with Crippen LogP contribution < -0.4 is 11.3 Å². The Labute approximate surface area is 106 Å². The summed E-state index contributed by atoms with van der Waals surface area (Å²) in [4.78, 5) is 0. The molecule has 0 aliphatic heterocycles. The van der Waals surface area contributed by atoms with Crippen LogP contribution in [0.1, 0.15) is 65.7 Å². The molecule has 1 aliphatic carbocycles. The fraction of sp³-hybridized carbons (Fsp3) is 1.00. The maximum absolute atomic E-state index is 6.08. The molecular weight excluding hydrogens is 212 g/mol. The van der Waals surface area contributed by atoms with Crippen molar-refractivity contribution in [2.24, 2.45) is 11.8 Å². The number of hydrogen-bond acceptors (Lipinski definition) is 3. The summed E-state index contributed by atoms with van der Waals surface area (Å²) < 4.78 is 6.08. The molecule has 1 fully saturated rings. The molecule has 2 unspecified atom stereocenters. The van der Waals surface area contributed by atoms with E-state index >= 15 is 0 Å². The number of rotatable bonds is 8. The highest BCUT2D eigenvalue weighted by Crippen LogP contribution is 2.38. The molecule has 1 saturated carbocycles. The number of hydrogen-bond donors (Lipinski definition) is 2. The molecule has 3 N–H and O–H groups in total. The van der Waals surface area contributed by atoms with E-state index in [-0.39, 0.29) is 5.60 Å². The number of nitrogens with one attached hydrogen (secondary N) is 1. The average Bonchev–Trinajstić information content (AvgIpc) is 2.76. The van der Waals surface area contributed by atoms with E-state index in [1.54, 1.807) is 0 Å². The average molecular weight is 242 g/mol. The summed E-state index contributed by atoms with van der Waals surface area (Å²) in [5.74, 6) is 6.50. The molecular formula is C14H30N2O. The first-order valence-corrected chi connectivity index (χ1v) is 7.28. The van der Waals surface area contributed by atoms with Crippen LogP contribution in [0.25, 0.3) is 0 Å². The third-order valence-corrected chi connectivity index (χ3v) is 4.14. The zero-order valence-corrected chi connectivity index (χ0v) is 11.8. The highest BCUT2D eigenvalue weighted by Gasteiger charge is 2.41. The molecule has 0 aromatic rings. The molecule has 0 bridgehead atoms. The molecule has 3 nitrogen and oxygen atoms in total. The van der Waals surface area contributed by atoms with Crippen LogP contribution in [-0.2, 0) is 4.74 Å². The second-order valence-electron chi connectivity index (χ2n) is 5.55. The maximum Gasteiger partial charge on any atom is 0.0848 e. The van der Waals surface area contributed by atoms with Crippen molar-refractivity contribution in [2.45, 2.75) is 77.4 Å². The van der Waals surface area contributed by atoms with Crippen molar-refractivity contribution < 1.29 is 4.74 Å². The summed E-state index contributed by atoms with van der Waals surface area (Å²) in [5, 5.41) is 0. The van der Waals surface area contributed by atoms with Gasteiger partial charge in [-0.25, -0.2) is 0 Å². The zero-order valence-electron chi connectivity index (χ0n) is 11.8. The molecule has 0 spiro atoms. The van der Waals surface area contributed by atoms with E-state index in [2.05, 4.69) is 26.2 Å². The van der Waals surface area contributed by atoms with Gasteiger partial charge < -0.3 is 4.74 Å². The first-order chi connectivity index (χ1) is 8.18. The quantitative estimate of drug-likeness (QED) is 0.508. The standard InChI is InChI=1S/C14H30N2O/c1-4-8-12(3)11-13(16-15)14(17-5-2)9-6-7-10-14/h12-13,16H,4-11,15H2,1-3H3. The van der Waals surface area contributed by atoms with Crippen molar-refractivity contribution in [2.75, 3.05) is 6.61 Å². The molecule has 102 valence electrons. The SMILES string of the molecule is CCCC(C)CC(NN)C1(OCC)CCCC1. The van der Waals surface area contributed by atoms with Crippen LogP contribution in [0.2, 0.25) is 0 Å². The van der Waals surface area contributed by atoms with Gasteiger partial charge in [0, 0.05) is 6.61 Å². The minimum atomic E-state index is 0.00546. The topological polar surface area (TPSA) is 47.3 Å². The van der Waals surface area contributed by atoms with E-state index < -0.39 is 0 Å². The first-order valence-electron chi connectivity index (χ1n) is 7.28. The Morgan fingerprint density at radius 2 is 1.94 bits per heavy atom. The lowest BCUT2D eigenvalue weighted by molar-refractivity contribution is -0.0663. The maximum atomic E-state index is 6.08. The number of hydrazine groups is 1. The molecule has 1 aliphatic rings. The van der Waals surface area contributed by atoms with Crippen LogP contribution >= 0.6 is 0 Å². The van der Waals surface area contributed by atoms with Crippen molar-refractivity contribution in [1.82, 2.24) is 5.43 Å². The van der Waals surface area contributed by atoms with Gasteiger partial charge in [-0.05, 0) is 32.1 Å². The Morgan fingerprint density at radius 3 is 2.41 bits per heavy atom. The van der Waals surface area contributed by atoms with Gasteiger partial charge in [0.1, 0.15) is 0 Å². The van der Waals surface area contributed by atoms with Gasteiger partial charge in [0.15, 0.2) is 0 Å². The van der Waals surface area contributed by atoms with E-state index in [0.29, 0.717) is 6.04 Å². The van der Waals surface area contributed by atoms with Crippen LogP contribution in [0.4, 0.5) is 0 Å². The molecule has 0 radical (unpaired) electrons. The van der Waals surface area contributed by atoms with Crippen LogP contribution in [0.3, 0.4) is 0 Å². The molecule has 0 heterocycles. The smallest absolute Gasteiger partial charge is 0.0848 e. The third kappa shape index (κ3) is 3.94. The molecule has 1 rings (SSSR count). The Morgan fingerprint density at radius 1 is 1.29 bits per heavy atom. The Bertz CT molecular complexity index is 202. The largest absolute Gasteiger partial charge is 0.374 e. The molecule has 3 heteroatoms. The summed E-state index contributed by atoms with van der Waals surface area (Å²) in [6.45, 7) is 7.45. The highest BCUT2D eigenvalue weighted by atomic mass is 16.5. The van der Waals surface area contributed by atoms with Crippen LogP contribution in [0, 0.1) is 5.92 Å². The minimum absolute atomic E-state index is 0.00546. The van der Waals surface area contributed by atoms with Gasteiger partial charge in [0.25, 0.3) is 0 Å². The van der Waals surface area contributed by atoms with Crippen LogP contribution in [0.15, 0.2) is 0 Å². The van der Waals surface area contributed by atoms with Gasteiger partial charge in [0.2, 0.25) is 0 Å². The summed E-state index contributed by atoms with van der Waals surface area (Å²) in [6.07, 6.45) is 8.54. The van der Waals surface area contributed by atoms with Crippen molar-refractivity contribution >= 4 is 0 Å². The molecule has 0 saturated heterocycles. The third-order valence-electron chi connectivity index (χ3n) is 4.14. The summed E-state index contributed by atoms with van der Waals surface area (Å²) in [6, 6.07) is 0.312. The van der Waals surface area contributed by atoms with E-state index in [0.717, 1.165) is 31.8 Å². The lowest BCUT2D eigenvalue weighted by Crippen LogP contribution is -2.54. The van der Waals surface area contributed by atoms with Gasteiger partial charge in [-0.2, -0.15) is 0 Å². The predicted molar refractivity (Wildman–Crippen MR) is 72.6 cm³/mol. The van der Waals surface area contributed by atoms with E-state index in [1.165, 1.54) is 25.7 Å². The molecule has 0 amide bonds. The fourth-order valence-electron chi connectivity index (χ4n) is 3.30. The molecule has 0 aromatic heterocycles. The lowest BCUT2D eigenvalue weighted by atomic mass is 9.85. The van der Waals surface area contributed by atoms with E-state index in [4.69, 9.17) is 10.6 Å². The highest BCUT2D eigenvalue weighted by molar-refractivity contribution is 4.96. The second kappa shape index (κ2) is 7.34.